The van der Waals surface area contributed by atoms with Gasteiger partial charge in [0.1, 0.15) is 5.82 Å². The second kappa shape index (κ2) is 6.32. The number of hydrogen-bond donors (Lipinski definition) is 0. The van der Waals surface area contributed by atoms with Crippen LogP contribution in [0.5, 0.6) is 0 Å². The molecule has 0 radical (unpaired) electrons. The number of nitrogens with zero attached hydrogens (tertiary/aromatic N) is 4. The lowest BCUT2D eigenvalue weighted by atomic mass is 10.1. The predicted octanol–water partition coefficient (Wildman–Crippen LogP) is 3.59. The third-order valence-electron chi connectivity index (χ3n) is 4.21. The first-order valence-electron chi connectivity index (χ1n) is 7.93. The molecule has 4 heteroatoms. The first-order valence-corrected chi connectivity index (χ1v) is 7.93. The minimum absolute atomic E-state index is 0.860. The Labute approximate surface area is 137 Å². The lowest BCUT2D eigenvalue weighted by molar-refractivity contribution is 0.750. The average molecular weight is 306 g/mol. The van der Waals surface area contributed by atoms with E-state index in [-0.39, 0.29) is 0 Å². The molecule has 0 aliphatic rings. The fraction of sp³-hybridized carbons (Fsp3) is 0.316. The fourth-order valence-corrected chi connectivity index (χ4v) is 2.71. The summed E-state index contributed by atoms with van der Waals surface area (Å²) in [6, 6.07) is 10.3. The van der Waals surface area contributed by atoms with Crippen molar-refractivity contribution >= 4 is 0 Å². The normalized spacial score (nSPS) is 11.0. The van der Waals surface area contributed by atoms with Crippen molar-refractivity contribution in [2.45, 2.75) is 33.6 Å². The molecule has 0 unspecified atom stereocenters. The zero-order valence-corrected chi connectivity index (χ0v) is 14.2. The Morgan fingerprint density at radius 1 is 0.826 bits per heavy atom. The van der Waals surface area contributed by atoms with Crippen LogP contribution in [-0.4, -0.2) is 19.5 Å². The Balaban J connectivity index is 1.79. The number of aryl methyl sites for hydroxylation is 6. The van der Waals surface area contributed by atoms with Crippen molar-refractivity contribution in [1.29, 1.82) is 0 Å². The third-order valence-corrected chi connectivity index (χ3v) is 4.21. The Hall–Kier alpha value is -2.49. The summed E-state index contributed by atoms with van der Waals surface area (Å²) in [4.78, 5) is 14.0. The highest BCUT2D eigenvalue weighted by atomic mass is 15.0. The highest BCUT2D eigenvalue weighted by Gasteiger charge is 2.10. The van der Waals surface area contributed by atoms with Crippen LogP contribution in [0.15, 0.2) is 36.5 Å². The van der Waals surface area contributed by atoms with Gasteiger partial charge in [-0.2, -0.15) is 0 Å². The third kappa shape index (κ3) is 3.31. The average Bonchev–Trinajstić information content (AvgIpc) is 2.91. The van der Waals surface area contributed by atoms with Crippen LogP contribution in [-0.2, 0) is 19.9 Å². The van der Waals surface area contributed by atoms with Gasteiger partial charge in [-0.25, -0.2) is 4.98 Å². The maximum atomic E-state index is 4.78. The van der Waals surface area contributed by atoms with Gasteiger partial charge in [0.15, 0.2) is 0 Å². The molecule has 0 aliphatic heterocycles. The van der Waals surface area contributed by atoms with E-state index in [4.69, 9.17) is 4.98 Å². The second-order valence-electron chi connectivity index (χ2n) is 5.95. The van der Waals surface area contributed by atoms with Gasteiger partial charge in [-0.05, 0) is 27.2 Å². The van der Waals surface area contributed by atoms with Crippen molar-refractivity contribution in [3.63, 3.8) is 0 Å². The van der Waals surface area contributed by atoms with E-state index in [2.05, 4.69) is 32.9 Å². The van der Waals surface area contributed by atoms with E-state index >= 15 is 0 Å². The first kappa shape index (κ1) is 15.4. The Bertz CT molecular complexity index is 819. The molecule has 0 fully saturated rings. The largest absolute Gasteiger partial charge is 0.337 e. The number of rotatable bonds is 4. The molecule has 2 aromatic heterocycles. The topological polar surface area (TPSA) is 43.6 Å². The molecular weight excluding hydrogens is 284 g/mol. The van der Waals surface area contributed by atoms with Gasteiger partial charge in [0, 0.05) is 25.2 Å². The number of imidazole rings is 1. The van der Waals surface area contributed by atoms with Crippen molar-refractivity contribution in [3.05, 3.63) is 65.1 Å². The van der Waals surface area contributed by atoms with Crippen LogP contribution in [0.2, 0.25) is 0 Å². The molecule has 0 N–H and O–H groups in total. The minimum Gasteiger partial charge on any atom is -0.337 e. The summed E-state index contributed by atoms with van der Waals surface area (Å²) in [5.41, 5.74) is 6.27. The summed E-state index contributed by atoms with van der Waals surface area (Å²) < 4.78 is 2.10. The molecule has 2 heterocycles. The lowest BCUT2D eigenvalue weighted by Gasteiger charge is -2.07. The summed E-state index contributed by atoms with van der Waals surface area (Å²) in [5.74, 6) is 1.07. The standard InChI is InChI=1S/C19H22N4/c1-13-14(2)21-17(15(3)20-13)10-11-19-22-18(12-23(19)4)16-8-6-5-7-9-16/h5-9,12H,10-11H2,1-4H3. The summed E-state index contributed by atoms with van der Waals surface area (Å²) in [5, 5.41) is 0. The van der Waals surface area contributed by atoms with Gasteiger partial charge in [0.25, 0.3) is 0 Å². The molecule has 0 spiro atoms. The molecule has 0 amide bonds. The summed E-state index contributed by atoms with van der Waals surface area (Å²) in [7, 11) is 2.05. The van der Waals surface area contributed by atoms with E-state index in [1.807, 2.05) is 46.0 Å². The predicted molar refractivity (Wildman–Crippen MR) is 92.3 cm³/mol. The number of aromatic nitrogens is 4. The molecule has 4 nitrogen and oxygen atoms in total. The molecule has 0 bridgehead atoms. The van der Waals surface area contributed by atoms with Gasteiger partial charge in [0.05, 0.1) is 28.5 Å². The molecule has 3 rings (SSSR count). The van der Waals surface area contributed by atoms with Gasteiger partial charge >= 0.3 is 0 Å². The second-order valence-corrected chi connectivity index (χ2v) is 5.95. The van der Waals surface area contributed by atoms with Gasteiger partial charge in [-0.3, -0.25) is 9.97 Å². The van der Waals surface area contributed by atoms with Crippen LogP contribution >= 0.6 is 0 Å². The Morgan fingerprint density at radius 2 is 1.52 bits per heavy atom. The van der Waals surface area contributed by atoms with E-state index in [0.717, 1.165) is 52.7 Å². The fourth-order valence-electron chi connectivity index (χ4n) is 2.71. The maximum absolute atomic E-state index is 4.78. The summed E-state index contributed by atoms with van der Waals surface area (Å²) >= 11 is 0. The van der Waals surface area contributed by atoms with Crippen molar-refractivity contribution < 1.29 is 0 Å². The number of benzene rings is 1. The highest BCUT2D eigenvalue weighted by Crippen LogP contribution is 2.18. The lowest BCUT2D eigenvalue weighted by Crippen LogP contribution is -2.06. The molecule has 23 heavy (non-hydrogen) atoms. The van der Waals surface area contributed by atoms with Crippen molar-refractivity contribution in [2.75, 3.05) is 0 Å². The van der Waals surface area contributed by atoms with Crippen LogP contribution in [0.1, 0.15) is 28.6 Å². The van der Waals surface area contributed by atoms with Crippen LogP contribution in [0.4, 0.5) is 0 Å². The van der Waals surface area contributed by atoms with Crippen LogP contribution in [0, 0.1) is 20.8 Å². The molecule has 0 aliphatic carbocycles. The quantitative estimate of drug-likeness (QED) is 0.740. The van der Waals surface area contributed by atoms with Crippen LogP contribution in [0.25, 0.3) is 11.3 Å². The molecule has 0 saturated heterocycles. The van der Waals surface area contributed by atoms with Crippen molar-refractivity contribution in [3.8, 4) is 11.3 Å². The van der Waals surface area contributed by atoms with Gasteiger partial charge < -0.3 is 4.57 Å². The maximum Gasteiger partial charge on any atom is 0.109 e. The van der Waals surface area contributed by atoms with Crippen molar-refractivity contribution in [1.82, 2.24) is 19.5 Å². The molecular formula is C19H22N4. The van der Waals surface area contributed by atoms with E-state index in [9.17, 15) is 0 Å². The summed E-state index contributed by atoms with van der Waals surface area (Å²) in [6.45, 7) is 6.05. The molecule has 0 saturated carbocycles. The zero-order valence-electron chi connectivity index (χ0n) is 14.2. The van der Waals surface area contributed by atoms with Gasteiger partial charge in [-0.1, -0.05) is 30.3 Å². The molecule has 118 valence electrons. The SMILES string of the molecule is Cc1nc(C)c(CCc2nc(-c3ccccc3)cn2C)nc1C. The van der Waals surface area contributed by atoms with E-state index < -0.39 is 0 Å². The van der Waals surface area contributed by atoms with Gasteiger partial charge in [0.2, 0.25) is 0 Å². The first-order chi connectivity index (χ1) is 11.0. The zero-order chi connectivity index (χ0) is 16.4. The number of hydrogen-bond acceptors (Lipinski definition) is 3. The van der Waals surface area contributed by atoms with Gasteiger partial charge in [-0.15, -0.1) is 0 Å². The summed E-state index contributed by atoms with van der Waals surface area (Å²) in [6.07, 6.45) is 3.81. The van der Waals surface area contributed by atoms with Crippen LogP contribution < -0.4 is 0 Å². The molecule has 0 atom stereocenters. The molecule has 1 aromatic carbocycles. The van der Waals surface area contributed by atoms with E-state index in [1.165, 1.54) is 0 Å². The minimum atomic E-state index is 0.860. The monoisotopic (exact) mass is 306 g/mol. The van der Waals surface area contributed by atoms with E-state index in [1.54, 1.807) is 0 Å². The van der Waals surface area contributed by atoms with E-state index in [0.29, 0.717) is 0 Å². The van der Waals surface area contributed by atoms with Crippen LogP contribution in [0.3, 0.4) is 0 Å². The smallest absolute Gasteiger partial charge is 0.109 e. The molecule has 3 aromatic rings. The van der Waals surface area contributed by atoms with Crippen molar-refractivity contribution in [2.24, 2.45) is 7.05 Å². The Morgan fingerprint density at radius 3 is 2.26 bits per heavy atom. The Kier molecular flexibility index (Phi) is 4.24. The highest BCUT2D eigenvalue weighted by molar-refractivity contribution is 5.58.